The van der Waals surface area contributed by atoms with Gasteiger partial charge in [0.25, 0.3) is 0 Å². The van der Waals surface area contributed by atoms with Gasteiger partial charge in [0, 0.05) is 5.92 Å². The molecule has 0 saturated heterocycles. The molecular weight excluding hydrogens is 372 g/mol. The highest BCUT2D eigenvalue weighted by Crippen LogP contribution is 2.43. The van der Waals surface area contributed by atoms with E-state index in [2.05, 4.69) is 93.6 Å². The van der Waals surface area contributed by atoms with Crippen LogP contribution >= 0.6 is 0 Å². The minimum atomic E-state index is 0.431. The molecule has 1 aromatic rings. The Morgan fingerprint density at radius 3 is 2.32 bits per heavy atom. The summed E-state index contributed by atoms with van der Waals surface area (Å²) >= 11 is 0. The van der Waals surface area contributed by atoms with Crippen LogP contribution in [0.15, 0.2) is 95.2 Å². The van der Waals surface area contributed by atoms with Gasteiger partial charge in [0.05, 0.1) is 0 Å². The average Bonchev–Trinajstić information content (AvgIpc) is 3.29. The smallest absolute Gasteiger partial charge is 0.0281 e. The normalized spacial score (nSPS) is 32.2. The van der Waals surface area contributed by atoms with E-state index in [0.717, 1.165) is 30.1 Å². The summed E-state index contributed by atoms with van der Waals surface area (Å²) in [4.78, 5) is 0. The molecule has 1 saturated carbocycles. The molecule has 0 N–H and O–H groups in total. The summed E-state index contributed by atoms with van der Waals surface area (Å²) < 4.78 is 0. The van der Waals surface area contributed by atoms with Crippen molar-refractivity contribution in [1.29, 1.82) is 0 Å². The van der Waals surface area contributed by atoms with Crippen molar-refractivity contribution >= 4 is 0 Å². The van der Waals surface area contributed by atoms with Gasteiger partial charge < -0.3 is 0 Å². The van der Waals surface area contributed by atoms with Gasteiger partial charge in [-0.15, -0.1) is 0 Å². The molecule has 160 valence electrons. The quantitative estimate of drug-likeness (QED) is 0.470. The van der Waals surface area contributed by atoms with Gasteiger partial charge in [-0.3, -0.25) is 0 Å². The zero-order valence-corrected chi connectivity index (χ0v) is 19.4. The molecule has 1 aromatic carbocycles. The SMILES string of the molecule is CC1CC(c2ccc(CC3=CC=C(C4=CCCC=C4)C4C=CC=C34)cc2)CC(C)C1C. The average molecular weight is 409 g/mol. The molecule has 0 amide bonds. The van der Waals surface area contributed by atoms with E-state index >= 15 is 0 Å². The van der Waals surface area contributed by atoms with E-state index < -0.39 is 0 Å². The molecule has 31 heavy (non-hydrogen) atoms. The topological polar surface area (TPSA) is 0 Å². The van der Waals surface area contributed by atoms with E-state index in [1.165, 1.54) is 53.5 Å². The zero-order valence-electron chi connectivity index (χ0n) is 19.4. The molecule has 0 nitrogen and oxygen atoms in total. The third-order valence-corrected chi connectivity index (χ3v) is 8.37. The number of rotatable bonds is 4. The van der Waals surface area contributed by atoms with Crippen molar-refractivity contribution in [2.45, 2.75) is 58.8 Å². The fourth-order valence-corrected chi connectivity index (χ4v) is 6.09. The van der Waals surface area contributed by atoms with Gasteiger partial charge in [-0.1, -0.05) is 93.6 Å². The molecule has 0 aliphatic heterocycles. The molecule has 4 aliphatic rings. The van der Waals surface area contributed by atoms with Crippen LogP contribution in [-0.2, 0) is 6.42 Å². The predicted octanol–water partition coefficient (Wildman–Crippen LogP) is 8.27. The van der Waals surface area contributed by atoms with E-state index in [4.69, 9.17) is 0 Å². The highest BCUT2D eigenvalue weighted by atomic mass is 14.4. The molecule has 4 aliphatic carbocycles. The van der Waals surface area contributed by atoms with Crippen LogP contribution < -0.4 is 0 Å². The summed E-state index contributed by atoms with van der Waals surface area (Å²) in [6.45, 7) is 7.32. The van der Waals surface area contributed by atoms with E-state index in [-0.39, 0.29) is 0 Å². The molecule has 0 aromatic heterocycles. The van der Waals surface area contributed by atoms with Gasteiger partial charge >= 0.3 is 0 Å². The van der Waals surface area contributed by atoms with Gasteiger partial charge in [0.15, 0.2) is 0 Å². The Labute approximate surface area is 188 Å². The number of allylic oxidation sites excluding steroid dienone is 12. The van der Waals surface area contributed by atoms with Crippen molar-refractivity contribution in [2.24, 2.45) is 23.7 Å². The first-order valence-corrected chi connectivity index (χ1v) is 12.4. The van der Waals surface area contributed by atoms with Crippen molar-refractivity contribution in [1.82, 2.24) is 0 Å². The van der Waals surface area contributed by atoms with Crippen molar-refractivity contribution in [3.8, 4) is 0 Å². The molecule has 0 heteroatoms. The highest BCUT2D eigenvalue weighted by molar-refractivity contribution is 5.60. The van der Waals surface area contributed by atoms with E-state index in [0.29, 0.717) is 5.92 Å². The zero-order chi connectivity index (χ0) is 21.4. The van der Waals surface area contributed by atoms with Crippen LogP contribution in [0, 0.1) is 23.7 Å². The van der Waals surface area contributed by atoms with Crippen LogP contribution in [0.25, 0.3) is 0 Å². The van der Waals surface area contributed by atoms with Gasteiger partial charge in [0.2, 0.25) is 0 Å². The summed E-state index contributed by atoms with van der Waals surface area (Å²) in [7, 11) is 0. The maximum atomic E-state index is 2.44. The standard InChI is InChI=1S/C31H36/c1-21-18-28(19-22(2)23(21)3)25-14-12-24(13-15-25)20-27-16-17-30(26-8-5-4-6-9-26)31-11-7-10-29(27)31/h5,7-17,21-23,28,31H,4,6,18-20H2,1-3H3. The van der Waals surface area contributed by atoms with Gasteiger partial charge in [0.1, 0.15) is 0 Å². The molecule has 3 unspecified atom stereocenters. The van der Waals surface area contributed by atoms with Gasteiger partial charge in [-0.05, 0) is 89.2 Å². The van der Waals surface area contributed by atoms with E-state index in [9.17, 15) is 0 Å². The maximum Gasteiger partial charge on any atom is 0.0281 e. The summed E-state index contributed by atoms with van der Waals surface area (Å²) in [5.74, 6) is 3.68. The summed E-state index contributed by atoms with van der Waals surface area (Å²) in [5, 5.41) is 0. The largest absolute Gasteiger partial charge is 0.0836 e. The lowest BCUT2D eigenvalue weighted by Crippen LogP contribution is -2.26. The fourth-order valence-electron chi connectivity index (χ4n) is 6.09. The van der Waals surface area contributed by atoms with Gasteiger partial charge in [-0.2, -0.15) is 0 Å². The molecule has 5 rings (SSSR count). The number of hydrogen-bond acceptors (Lipinski definition) is 0. The summed E-state index contributed by atoms with van der Waals surface area (Å²) in [6.07, 6.45) is 24.8. The molecule has 1 fully saturated rings. The fraction of sp³-hybridized carbons (Fsp3) is 0.419. The molecule has 0 heterocycles. The summed E-state index contributed by atoms with van der Waals surface area (Å²) in [6, 6.07) is 9.59. The molecule has 3 atom stereocenters. The second kappa shape index (κ2) is 8.65. The first-order valence-electron chi connectivity index (χ1n) is 12.4. The van der Waals surface area contributed by atoms with Crippen molar-refractivity contribution in [2.75, 3.05) is 0 Å². The van der Waals surface area contributed by atoms with Crippen molar-refractivity contribution in [3.05, 3.63) is 106 Å². The number of benzene rings is 1. The second-order valence-electron chi connectivity index (χ2n) is 10.3. The molecule has 0 spiro atoms. The van der Waals surface area contributed by atoms with Gasteiger partial charge in [-0.25, -0.2) is 0 Å². The minimum Gasteiger partial charge on any atom is -0.0836 e. The molecule has 0 bridgehead atoms. The first kappa shape index (κ1) is 20.6. The lowest BCUT2D eigenvalue weighted by molar-refractivity contribution is 0.175. The van der Waals surface area contributed by atoms with E-state index in [1.807, 2.05) is 0 Å². The third-order valence-electron chi connectivity index (χ3n) is 8.37. The Morgan fingerprint density at radius 1 is 0.839 bits per heavy atom. The minimum absolute atomic E-state index is 0.431. The number of hydrogen-bond donors (Lipinski definition) is 0. The predicted molar refractivity (Wildman–Crippen MR) is 133 cm³/mol. The molecular formula is C31H36. The Balaban J connectivity index is 1.32. The second-order valence-corrected chi connectivity index (χ2v) is 10.3. The van der Waals surface area contributed by atoms with Crippen molar-refractivity contribution < 1.29 is 0 Å². The monoisotopic (exact) mass is 408 g/mol. The van der Waals surface area contributed by atoms with Crippen LogP contribution in [0.1, 0.15) is 63.5 Å². The Hall–Kier alpha value is -2.34. The third kappa shape index (κ3) is 4.10. The molecule has 0 radical (unpaired) electrons. The van der Waals surface area contributed by atoms with Crippen LogP contribution in [0.5, 0.6) is 0 Å². The Morgan fingerprint density at radius 2 is 1.61 bits per heavy atom. The Bertz CT molecular complexity index is 993. The maximum absolute atomic E-state index is 2.44. The van der Waals surface area contributed by atoms with Crippen LogP contribution in [-0.4, -0.2) is 0 Å². The van der Waals surface area contributed by atoms with Crippen LogP contribution in [0.4, 0.5) is 0 Å². The lowest BCUT2D eigenvalue weighted by atomic mass is 9.68. The van der Waals surface area contributed by atoms with Crippen LogP contribution in [0.2, 0.25) is 0 Å². The first-order chi connectivity index (χ1) is 15.1. The van der Waals surface area contributed by atoms with Crippen LogP contribution in [0.3, 0.4) is 0 Å². The number of fused-ring (bicyclic) bond motifs is 1. The highest BCUT2D eigenvalue weighted by Gasteiger charge is 2.31. The lowest BCUT2D eigenvalue weighted by Gasteiger charge is -2.37. The van der Waals surface area contributed by atoms with Crippen molar-refractivity contribution in [3.63, 3.8) is 0 Å². The summed E-state index contributed by atoms with van der Waals surface area (Å²) in [5.41, 5.74) is 8.82. The Kier molecular flexibility index (Phi) is 5.74. The van der Waals surface area contributed by atoms with E-state index in [1.54, 1.807) is 5.56 Å².